The minimum Gasteiger partial charge on any atom is -0.480 e. The van der Waals surface area contributed by atoms with Crippen LogP contribution in [0.2, 0.25) is 0 Å². The molecule has 21 heavy (non-hydrogen) atoms. The summed E-state index contributed by atoms with van der Waals surface area (Å²) >= 11 is 0. The van der Waals surface area contributed by atoms with Gasteiger partial charge in [0.05, 0.1) is 0 Å². The van der Waals surface area contributed by atoms with E-state index in [-0.39, 0.29) is 17.0 Å². The number of carbonyl (C=O) groups excluding carboxylic acids is 1. The van der Waals surface area contributed by atoms with Crippen molar-refractivity contribution in [1.29, 1.82) is 0 Å². The third kappa shape index (κ3) is 4.30. The molecule has 1 heterocycles. The van der Waals surface area contributed by atoms with Crippen LogP contribution in [0, 0.1) is 0 Å². The Hall–Kier alpha value is -1.87. The number of hydrogen-bond acceptors (Lipinski definition) is 4. The molecular formula is C12H19N3O5S. The Morgan fingerprint density at radius 2 is 2.10 bits per heavy atom. The molecule has 1 aromatic heterocycles. The zero-order chi connectivity index (χ0) is 16.2. The number of carboxylic acid groups (broad SMARTS) is 1. The lowest BCUT2D eigenvalue weighted by Crippen LogP contribution is -2.40. The van der Waals surface area contributed by atoms with Gasteiger partial charge in [-0.05, 0) is 12.5 Å². The molecule has 0 aromatic carbocycles. The van der Waals surface area contributed by atoms with Crippen molar-refractivity contribution in [2.24, 2.45) is 12.8 Å². The summed E-state index contributed by atoms with van der Waals surface area (Å²) in [5.41, 5.74) is 5.14. The number of aryl methyl sites for hydroxylation is 1. The normalized spacial score (nSPS) is 13.0. The zero-order valence-electron chi connectivity index (χ0n) is 11.9. The highest BCUT2D eigenvalue weighted by Gasteiger charge is 2.26. The Morgan fingerprint density at radius 1 is 1.48 bits per heavy atom. The summed E-state index contributed by atoms with van der Waals surface area (Å²) in [4.78, 5) is 22.0. The van der Waals surface area contributed by atoms with Gasteiger partial charge in [0.1, 0.15) is 16.6 Å². The lowest BCUT2D eigenvalue weighted by Gasteiger charge is -2.13. The molecule has 118 valence electrons. The van der Waals surface area contributed by atoms with Gasteiger partial charge in [-0.25, -0.2) is 8.42 Å². The molecule has 9 heteroatoms. The summed E-state index contributed by atoms with van der Waals surface area (Å²) in [6, 6.07) is -0.0872. The summed E-state index contributed by atoms with van der Waals surface area (Å²) in [6.07, 6.45) is 2.74. The van der Waals surface area contributed by atoms with Gasteiger partial charge in [0.15, 0.2) is 0 Å². The van der Waals surface area contributed by atoms with Crippen molar-refractivity contribution in [3.8, 4) is 0 Å². The van der Waals surface area contributed by atoms with Crippen LogP contribution in [0.3, 0.4) is 0 Å². The molecule has 1 unspecified atom stereocenters. The average molecular weight is 317 g/mol. The van der Waals surface area contributed by atoms with Crippen LogP contribution in [0.5, 0.6) is 0 Å². The van der Waals surface area contributed by atoms with Crippen LogP contribution in [0.4, 0.5) is 0 Å². The Labute approximate surface area is 123 Å². The number of nitrogens with zero attached hydrogens (tertiary/aromatic N) is 1. The van der Waals surface area contributed by atoms with E-state index in [0.717, 1.165) is 12.5 Å². The fraction of sp³-hybridized carbons (Fsp3) is 0.500. The van der Waals surface area contributed by atoms with Crippen molar-refractivity contribution in [2.75, 3.05) is 0 Å². The highest BCUT2D eigenvalue weighted by molar-refractivity contribution is 7.89. The number of carbonyl (C=O) groups is 2. The van der Waals surface area contributed by atoms with Crippen molar-refractivity contribution in [3.05, 3.63) is 18.0 Å². The van der Waals surface area contributed by atoms with E-state index in [4.69, 9.17) is 10.8 Å². The van der Waals surface area contributed by atoms with Crippen molar-refractivity contribution < 1.29 is 23.1 Å². The molecule has 1 aromatic rings. The monoisotopic (exact) mass is 317 g/mol. The van der Waals surface area contributed by atoms with Gasteiger partial charge >= 0.3 is 5.97 Å². The third-order valence-corrected chi connectivity index (χ3v) is 4.42. The maximum atomic E-state index is 12.2. The smallest absolute Gasteiger partial charge is 0.321 e. The minimum absolute atomic E-state index is 0.0239. The van der Waals surface area contributed by atoms with E-state index in [1.54, 1.807) is 0 Å². The van der Waals surface area contributed by atoms with Gasteiger partial charge in [0.25, 0.3) is 5.91 Å². The van der Waals surface area contributed by atoms with Gasteiger partial charge < -0.3 is 15.4 Å². The summed E-state index contributed by atoms with van der Waals surface area (Å²) in [5.74, 6) is -2.00. The molecular weight excluding hydrogens is 298 g/mol. The van der Waals surface area contributed by atoms with Gasteiger partial charge in [-0.3, -0.25) is 9.59 Å². The standard InChI is InChI=1S/C12H19N3O5S/c1-3-4-5-9(12(17)18)14-21(19,20)8-6-10(11(13)16)15(2)7-8/h6-7,9,14H,3-5H2,1-2H3,(H2,13,16)(H,17,18). The summed E-state index contributed by atoms with van der Waals surface area (Å²) in [6.45, 7) is 1.88. The number of nitrogens with one attached hydrogen (secondary N) is 1. The number of sulfonamides is 1. The van der Waals surface area contributed by atoms with Crippen LogP contribution >= 0.6 is 0 Å². The van der Waals surface area contributed by atoms with Crippen molar-refractivity contribution in [2.45, 2.75) is 37.1 Å². The van der Waals surface area contributed by atoms with E-state index >= 15 is 0 Å². The second-order valence-electron chi connectivity index (χ2n) is 4.69. The quantitative estimate of drug-likeness (QED) is 0.623. The van der Waals surface area contributed by atoms with Crippen LogP contribution in [-0.2, 0) is 21.9 Å². The van der Waals surface area contributed by atoms with Crippen LogP contribution in [0.25, 0.3) is 0 Å². The largest absolute Gasteiger partial charge is 0.480 e. The molecule has 0 bridgehead atoms. The molecule has 0 aliphatic heterocycles. The van der Waals surface area contributed by atoms with E-state index in [1.165, 1.54) is 17.8 Å². The lowest BCUT2D eigenvalue weighted by atomic mass is 10.1. The topological polar surface area (TPSA) is 131 Å². The molecule has 0 fully saturated rings. The van der Waals surface area contributed by atoms with E-state index < -0.39 is 27.9 Å². The Morgan fingerprint density at radius 3 is 2.52 bits per heavy atom. The second-order valence-corrected chi connectivity index (χ2v) is 6.40. The molecule has 1 amide bonds. The van der Waals surface area contributed by atoms with E-state index in [2.05, 4.69) is 4.72 Å². The summed E-state index contributed by atoms with van der Waals surface area (Å²) in [7, 11) is -2.55. The number of primary amides is 1. The first kappa shape index (κ1) is 17.2. The van der Waals surface area contributed by atoms with Gasteiger partial charge in [0, 0.05) is 13.2 Å². The maximum absolute atomic E-state index is 12.2. The highest BCUT2D eigenvalue weighted by atomic mass is 32.2. The van der Waals surface area contributed by atoms with Crippen molar-refractivity contribution >= 4 is 21.9 Å². The summed E-state index contributed by atoms with van der Waals surface area (Å²) in [5, 5.41) is 9.05. The minimum atomic E-state index is -4.03. The fourth-order valence-electron chi connectivity index (χ4n) is 1.82. The van der Waals surface area contributed by atoms with Crippen molar-refractivity contribution in [1.82, 2.24) is 9.29 Å². The van der Waals surface area contributed by atoms with Crippen LogP contribution < -0.4 is 10.5 Å². The third-order valence-electron chi connectivity index (χ3n) is 2.98. The molecule has 0 saturated heterocycles. The second kappa shape index (κ2) is 6.72. The first-order valence-electron chi connectivity index (χ1n) is 6.40. The first-order chi connectivity index (χ1) is 9.69. The number of nitrogens with two attached hydrogens (primary N) is 1. The zero-order valence-corrected chi connectivity index (χ0v) is 12.7. The Bertz CT molecular complexity index is 635. The Kier molecular flexibility index (Phi) is 5.50. The molecule has 1 atom stereocenters. The number of hydrogen-bond donors (Lipinski definition) is 3. The van der Waals surface area contributed by atoms with E-state index in [9.17, 15) is 18.0 Å². The number of unbranched alkanes of at least 4 members (excludes halogenated alkanes) is 1. The molecule has 0 saturated carbocycles. The SMILES string of the molecule is CCCCC(NS(=O)(=O)c1cc(C(N)=O)n(C)c1)C(=O)O. The van der Waals surface area contributed by atoms with Crippen molar-refractivity contribution in [3.63, 3.8) is 0 Å². The highest BCUT2D eigenvalue weighted by Crippen LogP contribution is 2.14. The predicted molar refractivity (Wildman–Crippen MR) is 75.2 cm³/mol. The molecule has 0 radical (unpaired) electrons. The molecule has 4 N–H and O–H groups in total. The summed E-state index contributed by atoms with van der Waals surface area (Å²) < 4.78 is 27.7. The van der Waals surface area contributed by atoms with E-state index in [1.807, 2.05) is 6.92 Å². The molecule has 0 aliphatic rings. The maximum Gasteiger partial charge on any atom is 0.321 e. The molecule has 1 rings (SSSR count). The number of amides is 1. The Balaban J connectivity index is 3.02. The average Bonchev–Trinajstić information content (AvgIpc) is 2.77. The molecule has 0 spiro atoms. The number of aliphatic carboxylic acids is 1. The van der Waals surface area contributed by atoms with Crippen LogP contribution in [0.15, 0.2) is 17.2 Å². The molecule has 0 aliphatic carbocycles. The number of rotatable bonds is 8. The van der Waals surface area contributed by atoms with Gasteiger partial charge in [-0.15, -0.1) is 0 Å². The van der Waals surface area contributed by atoms with Gasteiger partial charge in [-0.2, -0.15) is 4.72 Å². The number of aromatic nitrogens is 1. The van der Waals surface area contributed by atoms with Gasteiger partial charge in [-0.1, -0.05) is 19.8 Å². The lowest BCUT2D eigenvalue weighted by molar-refractivity contribution is -0.139. The van der Waals surface area contributed by atoms with Crippen LogP contribution in [0.1, 0.15) is 36.7 Å². The first-order valence-corrected chi connectivity index (χ1v) is 7.88. The van der Waals surface area contributed by atoms with Gasteiger partial charge in [0.2, 0.25) is 10.0 Å². The molecule has 8 nitrogen and oxygen atoms in total. The van der Waals surface area contributed by atoms with E-state index in [0.29, 0.717) is 6.42 Å². The predicted octanol–water partition coefficient (Wildman–Crippen LogP) is 0.0457. The fourth-order valence-corrected chi connectivity index (χ4v) is 3.12. The number of carboxylic acids is 1. The van der Waals surface area contributed by atoms with Crippen LogP contribution in [-0.4, -0.2) is 36.0 Å².